The van der Waals surface area contributed by atoms with Crippen molar-refractivity contribution in [3.05, 3.63) is 34.4 Å². The summed E-state index contributed by atoms with van der Waals surface area (Å²) in [5.74, 6) is -1.23. The van der Waals surface area contributed by atoms with Gasteiger partial charge in [0.15, 0.2) is 6.10 Å². The van der Waals surface area contributed by atoms with E-state index in [1.54, 1.807) is 10.6 Å². The van der Waals surface area contributed by atoms with E-state index >= 15 is 0 Å². The van der Waals surface area contributed by atoms with Crippen LogP contribution in [0.3, 0.4) is 0 Å². The molecule has 1 aromatic carbocycles. The lowest BCUT2D eigenvalue weighted by Crippen LogP contribution is -2.14. The van der Waals surface area contributed by atoms with E-state index in [4.69, 9.17) is 5.11 Å². The van der Waals surface area contributed by atoms with Crippen LogP contribution in [0.15, 0.2) is 28.7 Å². The molecule has 1 unspecified atom stereocenters. The Morgan fingerprint density at radius 2 is 2.18 bits per heavy atom. The number of carboxylic acids is 1. The average molecular weight is 298 g/mol. The van der Waals surface area contributed by atoms with E-state index in [0.717, 1.165) is 15.4 Å². The molecule has 0 aliphatic carbocycles. The van der Waals surface area contributed by atoms with Gasteiger partial charge in [-0.1, -0.05) is 15.9 Å². The van der Waals surface area contributed by atoms with E-state index in [0.29, 0.717) is 12.2 Å². The van der Waals surface area contributed by atoms with Crippen LogP contribution in [0.5, 0.6) is 0 Å². The minimum absolute atomic E-state index is 0.410. The Morgan fingerprint density at radius 1 is 1.47 bits per heavy atom. The highest BCUT2D eigenvalue weighted by molar-refractivity contribution is 9.10. The maximum Gasteiger partial charge on any atom is 0.338 e. The van der Waals surface area contributed by atoms with Gasteiger partial charge in [-0.2, -0.15) is 0 Å². The van der Waals surface area contributed by atoms with Crippen molar-refractivity contribution in [1.82, 2.24) is 4.57 Å². The summed E-state index contributed by atoms with van der Waals surface area (Å²) in [6.45, 7) is 2.53. The normalized spacial score (nSPS) is 12.9. The van der Waals surface area contributed by atoms with Gasteiger partial charge in [-0.3, -0.25) is 0 Å². The number of halogens is 1. The second kappa shape index (κ2) is 4.50. The first kappa shape index (κ1) is 12.1. The fraction of sp³-hybridized carbons (Fsp3) is 0.250. The van der Waals surface area contributed by atoms with Gasteiger partial charge in [0.05, 0.1) is 5.69 Å². The smallest absolute Gasteiger partial charge is 0.338 e. The number of rotatable bonds is 3. The number of carboxylic acid groups (broad SMARTS) is 1. The number of nitrogens with zero attached hydrogens (tertiary/aromatic N) is 1. The van der Waals surface area contributed by atoms with Crippen LogP contribution in [0.1, 0.15) is 18.7 Å². The number of benzene rings is 1. The summed E-state index contributed by atoms with van der Waals surface area (Å²) in [6, 6.07) is 7.41. The van der Waals surface area contributed by atoms with Gasteiger partial charge in [-0.15, -0.1) is 0 Å². The Hall–Kier alpha value is -1.33. The number of hydrogen-bond donors (Lipinski definition) is 2. The van der Waals surface area contributed by atoms with Crippen molar-refractivity contribution in [1.29, 1.82) is 0 Å². The van der Waals surface area contributed by atoms with Gasteiger partial charge in [0, 0.05) is 21.9 Å². The molecule has 0 saturated carbocycles. The molecular weight excluding hydrogens is 286 g/mol. The van der Waals surface area contributed by atoms with E-state index in [9.17, 15) is 9.90 Å². The molecule has 0 radical (unpaired) electrons. The predicted octanol–water partition coefficient (Wildman–Crippen LogP) is 2.54. The summed E-state index contributed by atoms with van der Waals surface area (Å²) in [5.41, 5.74) is 1.33. The average Bonchev–Trinajstić information content (AvgIpc) is 2.64. The van der Waals surface area contributed by atoms with Gasteiger partial charge in [0.25, 0.3) is 0 Å². The van der Waals surface area contributed by atoms with E-state index in [2.05, 4.69) is 15.9 Å². The van der Waals surface area contributed by atoms with Crippen molar-refractivity contribution in [2.75, 3.05) is 0 Å². The highest BCUT2D eigenvalue weighted by atomic mass is 79.9. The van der Waals surface area contributed by atoms with Crippen LogP contribution in [0.4, 0.5) is 0 Å². The molecule has 90 valence electrons. The quantitative estimate of drug-likeness (QED) is 0.915. The largest absolute Gasteiger partial charge is 0.479 e. The first-order valence-corrected chi connectivity index (χ1v) is 6.03. The summed E-state index contributed by atoms with van der Waals surface area (Å²) in [6.07, 6.45) is -1.49. The van der Waals surface area contributed by atoms with Crippen LogP contribution in [0, 0.1) is 0 Å². The molecule has 2 N–H and O–H groups in total. The van der Waals surface area contributed by atoms with Gasteiger partial charge >= 0.3 is 5.97 Å². The van der Waals surface area contributed by atoms with Gasteiger partial charge in [0.2, 0.25) is 0 Å². The molecule has 2 rings (SSSR count). The summed E-state index contributed by atoms with van der Waals surface area (Å²) in [4.78, 5) is 10.8. The summed E-state index contributed by atoms with van der Waals surface area (Å²) >= 11 is 3.37. The molecule has 17 heavy (non-hydrogen) atoms. The number of aliphatic carboxylic acids is 1. The molecule has 5 heteroatoms. The number of carbonyl (C=O) groups is 1. The lowest BCUT2D eigenvalue weighted by molar-refractivity contribution is -0.147. The zero-order valence-electron chi connectivity index (χ0n) is 9.22. The summed E-state index contributed by atoms with van der Waals surface area (Å²) < 4.78 is 2.73. The topological polar surface area (TPSA) is 62.5 Å². The Morgan fingerprint density at radius 3 is 2.76 bits per heavy atom. The van der Waals surface area contributed by atoms with E-state index in [-0.39, 0.29) is 0 Å². The molecule has 0 amide bonds. The van der Waals surface area contributed by atoms with Crippen LogP contribution in [-0.4, -0.2) is 20.7 Å². The SMILES string of the molecule is CCn1c(C(O)C(=O)O)cc2cc(Br)ccc21. The standard InChI is InChI=1S/C12H12BrNO3/c1-2-14-9-4-3-8(13)5-7(9)6-10(14)11(15)12(16)17/h3-6,11,15H,2H2,1H3,(H,16,17). The molecule has 0 fully saturated rings. The molecule has 0 spiro atoms. The molecule has 0 bridgehead atoms. The van der Waals surface area contributed by atoms with E-state index in [1.807, 2.05) is 25.1 Å². The minimum atomic E-state index is -1.49. The highest BCUT2D eigenvalue weighted by Crippen LogP contribution is 2.27. The Bertz CT molecular complexity index is 576. The number of aliphatic hydroxyl groups is 1. The molecule has 1 atom stereocenters. The Kier molecular flexibility index (Phi) is 3.22. The predicted molar refractivity (Wildman–Crippen MR) is 67.9 cm³/mol. The Labute approximate surface area is 107 Å². The molecule has 0 aliphatic heterocycles. The van der Waals surface area contributed by atoms with Crippen LogP contribution in [-0.2, 0) is 11.3 Å². The number of fused-ring (bicyclic) bond motifs is 1. The van der Waals surface area contributed by atoms with Crippen molar-refractivity contribution >= 4 is 32.8 Å². The second-order valence-electron chi connectivity index (χ2n) is 3.76. The fourth-order valence-corrected chi connectivity index (χ4v) is 2.35. The van der Waals surface area contributed by atoms with Gasteiger partial charge < -0.3 is 14.8 Å². The zero-order valence-corrected chi connectivity index (χ0v) is 10.8. The van der Waals surface area contributed by atoms with Gasteiger partial charge in [-0.05, 0) is 31.2 Å². The number of aliphatic hydroxyl groups excluding tert-OH is 1. The summed E-state index contributed by atoms with van der Waals surface area (Å²) in [7, 11) is 0. The van der Waals surface area contributed by atoms with E-state index < -0.39 is 12.1 Å². The van der Waals surface area contributed by atoms with Crippen LogP contribution in [0.2, 0.25) is 0 Å². The third-order valence-corrected chi connectivity index (χ3v) is 3.22. The minimum Gasteiger partial charge on any atom is -0.479 e. The molecule has 1 heterocycles. The molecule has 0 aliphatic rings. The maximum atomic E-state index is 10.8. The third kappa shape index (κ3) is 2.08. The van der Waals surface area contributed by atoms with Crippen LogP contribution >= 0.6 is 15.9 Å². The zero-order chi connectivity index (χ0) is 12.6. The lowest BCUT2D eigenvalue weighted by Gasteiger charge is -2.10. The molecule has 2 aromatic rings. The van der Waals surface area contributed by atoms with Gasteiger partial charge in [0.1, 0.15) is 0 Å². The first-order chi connectivity index (χ1) is 8.04. The highest BCUT2D eigenvalue weighted by Gasteiger charge is 2.21. The molecule has 4 nitrogen and oxygen atoms in total. The number of aryl methyl sites for hydroxylation is 1. The number of hydrogen-bond acceptors (Lipinski definition) is 2. The Balaban J connectivity index is 2.67. The van der Waals surface area contributed by atoms with E-state index in [1.165, 1.54) is 0 Å². The first-order valence-electron chi connectivity index (χ1n) is 5.24. The van der Waals surface area contributed by atoms with Gasteiger partial charge in [-0.25, -0.2) is 4.79 Å². The number of aromatic nitrogens is 1. The van der Waals surface area contributed by atoms with Crippen molar-refractivity contribution in [3.8, 4) is 0 Å². The summed E-state index contributed by atoms with van der Waals surface area (Å²) in [5, 5.41) is 19.4. The fourth-order valence-electron chi connectivity index (χ4n) is 1.97. The molecule has 1 aromatic heterocycles. The van der Waals surface area contributed by atoms with Crippen LogP contribution in [0.25, 0.3) is 10.9 Å². The third-order valence-electron chi connectivity index (χ3n) is 2.73. The second-order valence-corrected chi connectivity index (χ2v) is 4.67. The lowest BCUT2D eigenvalue weighted by atomic mass is 10.2. The van der Waals surface area contributed by atoms with Crippen molar-refractivity contribution in [3.63, 3.8) is 0 Å². The van der Waals surface area contributed by atoms with Crippen molar-refractivity contribution < 1.29 is 15.0 Å². The maximum absolute atomic E-state index is 10.8. The van der Waals surface area contributed by atoms with Crippen molar-refractivity contribution in [2.45, 2.75) is 19.6 Å². The van der Waals surface area contributed by atoms with Crippen LogP contribution < -0.4 is 0 Å². The van der Waals surface area contributed by atoms with Crippen molar-refractivity contribution in [2.24, 2.45) is 0 Å². The monoisotopic (exact) mass is 297 g/mol. The molecule has 0 saturated heterocycles. The molecular formula is C12H12BrNO3.